The summed E-state index contributed by atoms with van der Waals surface area (Å²) in [6, 6.07) is 10.2. The molecule has 132 valence electrons. The number of carbonyl (C=O) groups excluding carboxylic acids is 1. The second-order valence-electron chi connectivity index (χ2n) is 6.06. The number of amides is 1. The standard InChI is InChI=1S/C18H19FIN3O2/c1-11-2-4-14(18(24)23-25-10-12-8-21-9-12)17(6-11)22-16-5-3-13(20)7-15(16)19/h2-7,12,21-22H,8-10H2,1H3,(H,23,24). The molecule has 0 aromatic heterocycles. The van der Waals surface area contributed by atoms with Crippen LogP contribution in [-0.2, 0) is 4.84 Å². The van der Waals surface area contributed by atoms with E-state index in [-0.39, 0.29) is 11.7 Å². The van der Waals surface area contributed by atoms with Crippen LogP contribution in [-0.4, -0.2) is 25.6 Å². The Hall–Kier alpha value is -1.71. The maximum atomic E-state index is 14.1. The molecule has 1 saturated heterocycles. The normalized spacial score (nSPS) is 14.0. The molecule has 3 rings (SSSR count). The molecule has 1 fully saturated rings. The van der Waals surface area contributed by atoms with Crippen molar-refractivity contribution in [1.29, 1.82) is 0 Å². The molecule has 0 saturated carbocycles. The maximum Gasteiger partial charge on any atom is 0.276 e. The molecule has 1 aliphatic heterocycles. The Balaban J connectivity index is 1.73. The van der Waals surface area contributed by atoms with Crippen molar-refractivity contribution in [1.82, 2.24) is 10.8 Å². The first-order chi connectivity index (χ1) is 12.0. The molecule has 3 N–H and O–H groups in total. The lowest BCUT2D eigenvalue weighted by atomic mass is 10.1. The van der Waals surface area contributed by atoms with E-state index < -0.39 is 0 Å². The molecule has 0 spiro atoms. The number of rotatable bonds is 6. The largest absolute Gasteiger partial charge is 0.352 e. The lowest BCUT2D eigenvalue weighted by Gasteiger charge is -2.26. The molecular weight excluding hydrogens is 436 g/mol. The summed E-state index contributed by atoms with van der Waals surface area (Å²) in [5, 5.41) is 6.15. The monoisotopic (exact) mass is 455 g/mol. The summed E-state index contributed by atoms with van der Waals surface area (Å²) >= 11 is 2.05. The zero-order chi connectivity index (χ0) is 17.8. The molecule has 2 aromatic carbocycles. The third-order valence-corrected chi connectivity index (χ3v) is 4.64. The average molecular weight is 455 g/mol. The van der Waals surface area contributed by atoms with Gasteiger partial charge in [-0.3, -0.25) is 9.63 Å². The van der Waals surface area contributed by atoms with Crippen molar-refractivity contribution < 1.29 is 14.0 Å². The molecule has 2 aromatic rings. The van der Waals surface area contributed by atoms with Gasteiger partial charge in [-0.2, -0.15) is 0 Å². The fourth-order valence-corrected chi connectivity index (χ4v) is 2.90. The summed E-state index contributed by atoms with van der Waals surface area (Å²) in [4.78, 5) is 17.7. The Kier molecular flexibility index (Phi) is 5.87. The topological polar surface area (TPSA) is 62.4 Å². The minimum Gasteiger partial charge on any atom is -0.352 e. The van der Waals surface area contributed by atoms with Gasteiger partial charge in [0, 0.05) is 22.6 Å². The van der Waals surface area contributed by atoms with Crippen LogP contribution in [0.5, 0.6) is 0 Å². The van der Waals surface area contributed by atoms with Crippen LogP contribution in [0.15, 0.2) is 36.4 Å². The van der Waals surface area contributed by atoms with Gasteiger partial charge in [0.15, 0.2) is 0 Å². The number of anilines is 2. The summed E-state index contributed by atoms with van der Waals surface area (Å²) in [5.41, 5.74) is 4.68. The Morgan fingerprint density at radius 2 is 2.08 bits per heavy atom. The van der Waals surface area contributed by atoms with Crippen molar-refractivity contribution in [2.24, 2.45) is 5.92 Å². The van der Waals surface area contributed by atoms with Gasteiger partial charge in [0.2, 0.25) is 0 Å². The van der Waals surface area contributed by atoms with Crippen LogP contribution in [0.1, 0.15) is 15.9 Å². The number of halogens is 2. The van der Waals surface area contributed by atoms with Crippen molar-refractivity contribution in [2.45, 2.75) is 6.92 Å². The van der Waals surface area contributed by atoms with E-state index in [1.165, 1.54) is 6.07 Å². The van der Waals surface area contributed by atoms with E-state index in [1.54, 1.807) is 18.2 Å². The van der Waals surface area contributed by atoms with Crippen molar-refractivity contribution in [3.63, 3.8) is 0 Å². The number of aryl methyl sites for hydroxylation is 1. The van der Waals surface area contributed by atoms with Crippen LogP contribution in [0.25, 0.3) is 0 Å². The predicted molar refractivity (Wildman–Crippen MR) is 103 cm³/mol. The van der Waals surface area contributed by atoms with Gasteiger partial charge in [0.25, 0.3) is 5.91 Å². The Morgan fingerprint density at radius 3 is 2.76 bits per heavy atom. The lowest BCUT2D eigenvalue weighted by Crippen LogP contribution is -2.45. The van der Waals surface area contributed by atoms with E-state index >= 15 is 0 Å². The highest BCUT2D eigenvalue weighted by Gasteiger charge is 2.18. The first-order valence-corrected chi connectivity index (χ1v) is 9.06. The van der Waals surface area contributed by atoms with Gasteiger partial charge in [-0.1, -0.05) is 6.07 Å². The SMILES string of the molecule is Cc1ccc(C(=O)NOCC2CNC2)c(Nc2ccc(I)cc2F)c1. The molecule has 1 amide bonds. The maximum absolute atomic E-state index is 14.1. The molecule has 0 atom stereocenters. The molecule has 0 aliphatic carbocycles. The Morgan fingerprint density at radius 1 is 1.28 bits per heavy atom. The zero-order valence-corrected chi connectivity index (χ0v) is 15.9. The minimum atomic E-state index is -0.367. The highest BCUT2D eigenvalue weighted by Crippen LogP contribution is 2.25. The first-order valence-electron chi connectivity index (χ1n) is 7.98. The van der Waals surface area contributed by atoms with Crippen LogP contribution < -0.4 is 16.1 Å². The molecule has 7 heteroatoms. The van der Waals surface area contributed by atoms with E-state index in [0.29, 0.717) is 29.5 Å². The van der Waals surface area contributed by atoms with Gasteiger partial charge >= 0.3 is 0 Å². The van der Waals surface area contributed by atoms with Gasteiger partial charge < -0.3 is 10.6 Å². The van der Waals surface area contributed by atoms with Crippen LogP contribution in [0.3, 0.4) is 0 Å². The van der Waals surface area contributed by atoms with E-state index in [9.17, 15) is 9.18 Å². The van der Waals surface area contributed by atoms with Crippen LogP contribution in [0.2, 0.25) is 0 Å². The van der Waals surface area contributed by atoms with Crippen molar-refractivity contribution >= 4 is 39.9 Å². The third kappa shape index (κ3) is 4.68. The zero-order valence-electron chi connectivity index (χ0n) is 13.7. The molecule has 0 unspecified atom stereocenters. The minimum absolute atomic E-state index is 0.321. The van der Waals surface area contributed by atoms with Gasteiger partial charge in [-0.05, 0) is 65.4 Å². The molecule has 0 bridgehead atoms. The van der Waals surface area contributed by atoms with Gasteiger partial charge in [0.05, 0.1) is 23.5 Å². The smallest absolute Gasteiger partial charge is 0.276 e. The Bertz CT molecular complexity index is 781. The fraction of sp³-hybridized carbons (Fsp3) is 0.278. The van der Waals surface area contributed by atoms with Crippen LogP contribution in [0.4, 0.5) is 15.8 Å². The number of hydroxylamine groups is 1. The second kappa shape index (κ2) is 8.11. The molecule has 0 radical (unpaired) electrons. The number of hydrogen-bond donors (Lipinski definition) is 3. The van der Waals surface area contributed by atoms with E-state index in [0.717, 1.165) is 22.2 Å². The first kappa shape index (κ1) is 18.1. The van der Waals surface area contributed by atoms with Crippen molar-refractivity contribution in [3.8, 4) is 0 Å². The van der Waals surface area contributed by atoms with E-state index in [1.807, 2.05) is 19.1 Å². The molecule has 1 heterocycles. The predicted octanol–water partition coefficient (Wildman–Crippen LogP) is 3.36. The van der Waals surface area contributed by atoms with Crippen molar-refractivity contribution in [2.75, 3.05) is 25.0 Å². The highest BCUT2D eigenvalue weighted by molar-refractivity contribution is 14.1. The number of nitrogens with one attached hydrogen (secondary N) is 3. The van der Waals surface area contributed by atoms with E-state index in [2.05, 4.69) is 38.7 Å². The summed E-state index contributed by atoms with van der Waals surface area (Å²) in [6.07, 6.45) is 0. The summed E-state index contributed by atoms with van der Waals surface area (Å²) in [6.45, 7) is 4.19. The number of carbonyl (C=O) groups is 1. The third-order valence-electron chi connectivity index (χ3n) is 3.97. The molecule has 25 heavy (non-hydrogen) atoms. The van der Waals surface area contributed by atoms with Gasteiger partial charge in [-0.25, -0.2) is 9.87 Å². The number of benzene rings is 2. The second-order valence-corrected chi connectivity index (χ2v) is 7.31. The Labute approximate surface area is 159 Å². The van der Waals surface area contributed by atoms with Gasteiger partial charge in [0.1, 0.15) is 5.82 Å². The van der Waals surface area contributed by atoms with Crippen LogP contribution in [0, 0.1) is 22.2 Å². The summed E-state index contributed by atoms with van der Waals surface area (Å²) in [7, 11) is 0. The molecular formula is C18H19FIN3O2. The lowest BCUT2D eigenvalue weighted by molar-refractivity contribution is 0.00816. The summed E-state index contributed by atoms with van der Waals surface area (Å²) < 4.78 is 14.9. The fourth-order valence-electron chi connectivity index (χ4n) is 2.44. The number of hydrogen-bond acceptors (Lipinski definition) is 4. The molecule has 1 aliphatic rings. The van der Waals surface area contributed by atoms with Crippen LogP contribution >= 0.6 is 22.6 Å². The summed E-state index contributed by atoms with van der Waals surface area (Å²) in [5.74, 6) is -0.300. The highest BCUT2D eigenvalue weighted by atomic mass is 127. The van der Waals surface area contributed by atoms with Gasteiger partial charge in [-0.15, -0.1) is 0 Å². The van der Waals surface area contributed by atoms with E-state index in [4.69, 9.17) is 4.84 Å². The molecule has 5 nitrogen and oxygen atoms in total. The van der Waals surface area contributed by atoms with Crippen molar-refractivity contribution in [3.05, 3.63) is 56.9 Å². The average Bonchev–Trinajstić information content (AvgIpc) is 2.52. The quantitative estimate of drug-likeness (QED) is 0.462.